The normalized spacial score (nSPS) is 16.2. The smallest absolute Gasteiger partial charge is 0.338 e. The van der Waals surface area contributed by atoms with Gasteiger partial charge in [0.1, 0.15) is 12.4 Å². The quantitative estimate of drug-likeness (QED) is 0.536. The molecular weight excluding hydrogens is 428 g/mol. The fourth-order valence-corrected chi connectivity index (χ4v) is 4.07. The number of rotatable bonds is 8. The van der Waals surface area contributed by atoms with Crippen LogP contribution in [0.25, 0.3) is 0 Å². The zero-order valence-electron chi connectivity index (χ0n) is 18.9. The molecule has 0 spiro atoms. The van der Waals surface area contributed by atoms with Crippen LogP contribution in [0.3, 0.4) is 0 Å². The van der Waals surface area contributed by atoms with Crippen molar-refractivity contribution in [1.29, 1.82) is 0 Å². The lowest BCUT2D eigenvalue weighted by atomic mass is 9.94. The first-order valence-electron chi connectivity index (χ1n) is 10.8. The number of likely N-dealkylation sites (N-methyl/N-ethyl adjacent to an activating group) is 1. The summed E-state index contributed by atoms with van der Waals surface area (Å²) in [5, 5.41) is 3.36. The van der Waals surface area contributed by atoms with Crippen molar-refractivity contribution in [3.63, 3.8) is 0 Å². The van der Waals surface area contributed by atoms with Crippen LogP contribution in [0.2, 0.25) is 5.02 Å². The average molecular weight is 457 g/mol. The number of hydrogen-bond acceptors (Lipinski definition) is 4. The monoisotopic (exact) mass is 456 g/mol. The summed E-state index contributed by atoms with van der Waals surface area (Å²) < 4.78 is 11.5. The summed E-state index contributed by atoms with van der Waals surface area (Å²) in [6.07, 6.45) is 0. The molecule has 0 radical (unpaired) electrons. The van der Waals surface area contributed by atoms with Crippen molar-refractivity contribution in [2.24, 2.45) is 0 Å². The average Bonchev–Trinajstić information content (AvgIpc) is 2.77. The lowest BCUT2D eigenvalue weighted by molar-refractivity contribution is -0.139. The maximum atomic E-state index is 13.1. The van der Waals surface area contributed by atoms with Gasteiger partial charge in [-0.25, -0.2) is 9.59 Å². The maximum Gasteiger partial charge on any atom is 0.338 e. The number of carbonyl (C=O) groups excluding carboxylic acids is 2. The summed E-state index contributed by atoms with van der Waals surface area (Å²) in [6, 6.07) is 13.9. The number of urea groups is 1. The van der Waals surface area contributed by atoms with Crippen molar-refractivity contribution in [2.75, 3.05) is 19.8 Å². The van der Waals surface area contributed by atoms with E-state index < -0.39 is 12.0 Å². The number of ether oxygens (including phenoxy) is 2. The molecule has 0 aromatic heterocycles. The number of para-hydroxylation sites is 1. The van der Waals surface area contributed by atoms with E-state index in [1.165, 1.54) is 4.90 Å². The molecule has 170 valence electrons. The van der Waals surface area contributed by atoms with Crippen molar-refractivity contribution in [3.05, 3.63) is 76.0 Å². The molecule has 1 atom stereocenters. The summed E-state index contributed by atoms with van der Waals surface area (Å²) in [6.45, 7) is 8.39. The van der Waals surface area contributed by atoms with Gasteiger partial charge in [-0.05, 0) is 43.0 Å². The number of benzene rings is 2. The predicted octanol–water partition coefficient (Wildman–Crippen LogP) is 5.45. The van der Waals surface area contributed by atoms with Crippen molar-refractivity contribution < 1.29 is 19.1 Å². The molecule has 0 saturated carbocycles. The fourth-order valence-electron chi connectivity index (χ4n) is 3.82. The van der Waals surface area contributed by atoms with Gasteiger partial charge in [0.2, 0.25) is 0 Å². The van der Waals surface area contributed by atoms with E-state index in [9.17, 15) is 9.59 Å². The molecule has 0 aliphatic carbocycles. The Morgan fingerprint density at radius 1 is 1.12 bits per heavy atom. The second kappa shape index (κ2) is 10.6. The molecule has 2 amide bonds. The molecule has 3 rings (SSSR count). The first kappa shape index (κ1) is 23.7. The van der Waals surface area contributed by atoms with Crippen LogP contribution in [0, 0.1) is 0 Å². The van der Waals surface area contributed by atoms with E-state index in [2.05, 4.69) is 19.2 Å². The van der Waals surface area contributed by atoms with Crippen LogP contribution in [-0.2, 0) is 9.53 Å². The van der Waals surface area contributed by atoms with E-state index >= 15 is 0 Å². The second-order valence-corrected chi connectivity index (χ2v) is 8.12. The molecule has 0 saturated heterocycles. The number of amides is 2. The first-order valence-corrected chi connectivity index (χ1v) is 11.2. The molecule has 2 aromatic carbocycles. The molecule has 7 heteroatoms. The van der Waals surface area contributed by atoms with Gasteiger partial charge in [-0.3, -0.25) is 4.90 Å². The van der Waals surface area contributed by atoms with Gasteiger partial charge in [-0.2, -0.15) is 0 Å². The first-order chi connectivity index (χ1) is 15.4. The van der Waals surface area contributed by atoms with Gasteiger partial charge in [-0.15, -0.1) is 0 Å². The molecule has 1 heterocycles. The number of hydrogen-bond donors (Lipinski definition) is 1. The molecule has 0 fully saturated rings. The zero-order chi connectivity index (χ0) is 23.3. The van der Waals surface area contributed by atoms with Crippen molar-refractivity contribution in [2.45, 2.75) is 39.7 Å². The third-order valence-electron chi connectivity index (χ3n) is 5.37. The Hall–Kier alpha value is -2.99. The third-order valence-corrected chi connectivity index (χ3v) is 5.72. The van der Waals surface area contributed by atoms with Gasteiger partial charge < -0.3 is 14.8 Å². The van der Waals surface area contributed by atoms with Gasteiger partial charge in [0.25, 0.3) is 0 Å². The third kappa shape index (κ3) is 4.91. The standard InChI is InChI=1S/C25H29ClN2O4/c1-5-28-20(15-32-21-14-10-8-11-17(21)16(3)4)22(24(29)31-6-2)23(27-25(28)30)18-12-7-9-13-19(18)26/h7-14,16,23H,5-6,15H2,1-4H3,(H,27,30)/t23-/m1/s1. The van der Waals surface area contributed by atoms with Crippen LogP contribution in [-0.4, -0.2) is 36.7 Å². The molecule has 2 aromatic rings. The number of halogens is 1. The van der Waals surface area contributed by atoms with Gasteiger partial charge in [0, 0.05) is 11.6 Å². The summed E-state index contributed by atoms with van der Waals surface area (Å²) >= 11 is 6.43. The fraction of sp³-hybridized carbons (Fsp3) is 0.360. The molecule has 1 N–H and O–H groups in total. The summed E-state index contributed by atoms with van der Waals surface area (Å²) in [7, 11) is 0. The highest BCUT2D eigenvalue weighted by Gasteiger charge is 2.38. The van der Waals surface area contributed by atoms with Crippen LogP contribution in [0.15, 0.2) is 59.8 Å². The molecule has 0 unspecified atom stereocenters. The van der Waals surface area contributed by atoms with Gasteiger partial charge in [-0.1, -0.05) is 61.8 Å². The topological polar surface area (TPSA) is 67.9 Å². The van der Waals surface area contributed by atoms with E-state index in [0.717, 1.165) is 11.3 Å². The van der Waals surface area contributed by atoms with E-state index in [-0.39, 0.29) is 25.2 Å². The minimum Gasteiger partial charge on any atom is -0.487 e. The van der Waals surface area contributed by atoms with Gasteiger partial charge in [0.05, 0.1) is 23.9 Å². The van der Waals surface area contributed by atoms with E-state index in [4.69, 9.17) is 21.1 Å². The summed E-state index contributed by atoms with van der Waals surface area (Å²) in [5.74, 6) is 0.471. The number of esters is 1. The number of nitrogens with one attached hydrogen (secondary N) is 1. The molecule has 1 aliphatic heterocycles. The largest absolute Gasteiger partial charge is 0.487 e. The molecule has 32 heavy (non-hydrogen) atoms. The minimum absolute atomic E-state index is 0.0418. The molecule has 6 nitrogen and oxygen atoms in total. The Kier molecular flexibility index (Phi) is 7.80. The van der Waals surface area contributed by atoms with Crippen LogP contribution >= 0.6 is 11.6 Å². The summed E-state index contributed by atoms with van der Waals surface area (Å²) in [5.41, 5.74) is 2.47. The molecular formula is C25H29ClN2O4. The second-order valence-electron chi connectivity index (χ2n) is 7.71. The van der Waals surface area contributed by atoms with Crippen LogP contribution in [0.5, 0.6) is 5.75 Å². The summed E-state index contributed by atoms with van der Waals surface area (Å²) in [4.78, 5) is 27.6. The SMILES string of the molecule is CCOC(=O)C1=C(COc2ccccc2C(C)C)N(CC)C(=O)N[C@@H]1c1ccccc1Cl. The Bertz CT molecular complexity index is 1020. The van der Waals surface area contributed by atoms with Crippen LogP contribution in [0.1, 0.15) is 50.8 Å². The van der Waals surface area contributed by atoms with Crippen molar-refractivity contribution in [3.8, 4) is 5.75 Å². The Morgan fingerprint density at radius 2 is 1.81 bits per heavy atom. The van der Waals surface area contributed by atoms with E-state index in [1.807, 2.05) is 37.3 Å². The maximum absolute atomic E-state index is 13.1. The molecule has 1 aliphatic rings. The predicted molar refractivity (Wildman–Crippen MR) is 125 cm³/mol. The highest BCUT2D eigenvalue weighted by atomic mass is 35.5. The van der Waals surface area contributed by atoms with E-state index in [0.29, 0.717) is 28.4 Å². The van der Waals surface area contributed by atoms with Crippen LogP contribution in [0.4, 0.5) is 4.79 Å². The number of nitrogens with zero attached hydrogens (tertiary/aromatic N) is 1. The Morgan fingerprint density at radius 3 is 2.47 bits per heavy atom. The van der Waals surface area contributed by atoms with E-state index in [1.54, 1.807) is 25.1 Å². The lowest BCUT2D eigenvalue weighted by Gasteiger charge is -2.36. The Labute approximate surface area is 194 Å². The Balaban J connectivity index is 2.10. The highest BCUT2D eigenvalue weighted by Crippen LogP contribution is 2.35. The van der Waals surface area contributed by atoms with Crippen LogP contribution < -0.4 is 10.1 Å². The lowest BCUT2D eigenvalue weighted by Crippen LogP contribution is -2.49. The zero-order valence-corrected chi connectivity index (χ0v) is 19.6. The number of carbonyl (C=O) groups is 2. The van der Waals surface area contributed by atoms with Gasteiger partial charge in [0.15, 0.2) is 0 Å². The minimum atomic E-state index is -0.739. The highest BCUT2D eigenvalue weighted by molar-refractivity contribution is 6.31. The van der Waals surface area contributed by atoms with Crippen molar-refractivity contribution in [1.82, 2.24) is 10.2 Å². The van der Waals surface area contributed by atoms with Gasteiger partial charge >= 0.3 is 12.0 Å². The molecule has 0 bridgehead atoms. The van der Waals surface area contributed by atoms with Crippen molar-refractivity contribution >= 4 is 23.6 Å².